The van der Waals surface area contributed by atoms with E-state index < -0.39 is 23.6 Å². The maximum Gasteiger partial charge on any atom is 0.418 e. The third-order valence-corrected chi connectivity index (χ3v) is 3.75. The number of carbonyl (C=O) groups excluding carboxylic acids is 2. The van der Waals surface area contributed by atoms with Crippen molar-refractivity contribution in [3.05, 3.63) is 71.5 Å². The lowest BCUT2D eigenvalue weighted by molar-refractivity contribution is -0.137. The lowest BCUT2D eigenvalue weighted by Gasteiger charge is -2.11. The van der Waals surface area contributed by atoms with Gasteiger partial charge in [0.1, 0.15) is 0 Å². The molecule has 1 amide bonds. The van der Waals surface area contributed by atoms with Crippen LogP contribution in [0.1, 0.15) is 26.4 Å². The van der Waals surface area contributed by atoms with Gasteiger partial charge in [0.25, 0.3) is 5.91 Å². The molecule has 0 aliphatic rings. The molecule has 1 aromatic heterocycles. The summed E-state index contributed by atoms with van der Waals surface area (Å²) >= 11 is 0. The Balaban J connectivity index is 1.79. The molecule has 0 saturated heterocycles. The van der Waals surface area contributed by atoms with E-state index in [2.05, 4.69) is 20.4 Å². The van der Waals surface area contributed by atoms with E-state index >= 15 is 0 Å². The molecule has 3 aromatic rings. The molecule has 0 unspecified atom stereocenters. The molecule has 0 bridgehead atoms. The molecule has 0 atom stereocenters. The molecule has 0 fully saturated rings. The molecule has 1 N–H and O–H groups in total. The molecule has 2 aromatic carbocycles. The lowest BCUT2D eigenvalue weighted by atomic mass is 10.1. The number of para-hydroxylation sites is 1. The smallest absolute Gasteiger partial charge is 0.418 e. The van der Waals surface area contributed by atoms with Crippen LogP contribution in [0.5, 0.6) is 0 Å². The summed E-state index contributed by atoms with van der Waals surface area (Å²) in [5.41, 5.74) is -0.652. The number of benzene rings is 2. The van der Waals surface area contributed by atoms with Gasteiger partial charge in [0.2, 0.25) is 0 Å². The number of anilines is 1. The molecule has 0 saturated carbocycles. The molecule has 0 aliphatic heterocycles. The largest absolute Gasteiger partial charge is 0.465 e. The van der Waals surface area contributed by atoms with E-state index in [1.807, 2.05) is 0 Å². The van der Waals surface area contributed by atoms with E-state index in [1.54, 1.807) is 0 Å². The maximum absolute atomic E-state index is 13.1. The zero-order valence-corrected chi connectivity index (χ0v) is 14.4. The van der Waals surface area contributed by atoms with Crippen molar-refractivity contribution in [2.24, 2.45) is 0 Å². The number of hydrogen-bond donors (Lipinski definition) is 1. The molecule has 0 radical (unpaired) electrons. The minimum atomic E-state index is -4.58. The highest BCUT2D eigenvalue weighted by Gasteiger charge is 2.34. The number of alkyl halides is 3. The van der Waals surface area contributed by atoms with Gasteiger partial charge in [0.15, 0.2) is 5.69 Å². The van der Waals surface area contributed by atoms with Gasteiger partial charge in [-0.05, 0) is 36.4 Å². The summed E-state index contributed by atoms with van der Waals surface area (Å²) in [4.78, 5) is 23.7. The molecular weight excluding hydrogens is 377 g/mol. The highest BCUT2D eigenvalue weighted by molar-refractivity contribution is 6.02. The normalized spacial score (nSPS) is 11.1. The van der Waals surface area contributed by atoms with Crippen LogP contribution in [0, 0.1) is 0 Å². The zero-order chi connectivity index (χ0) is 20.3. The van der Waals surface area contributed by atoms with Crippen molar-refractivity contribution in [3.63, 3.8) is 0 Å². The zero-order valence-electron chi connectivity index (χ0n) is 14.4. The van der Waals surface area contributed by atoms with Crippen LogP contribution in [0.2, 0.25) is 0 Å². The van der Waals surface area contributed by atoms with Crippen molar-refractivity contribution in [2.45, 2.75) is 6.18 Å². The molecule has 0 aliphatic carbocycles. The minimum Gasteiger partial charge on any atom is -0.465 e. The summed E-state index contributed by atoms with van der Waals surface area (Å²) in [6.45, 7) is 0. The molecule has 7 nitrogen and oxygen atoms in total. The number of halogens is 3. The standard InChI is InChI=1S/C18H13F3N4O3/c1-28-17(27)11-6-8-12(9-7-11)22-16(26)14-10-25(24-23-14)15-5-3-2-4-13(15)18(19,20)21/h2-10H,1H3,(H,22,26). The second-order valence-corrected chi connectivity index (χ2v) is 5.59. The van der Waals surface area contributed by atoms with Gasteiger partial charge in [-0.25, -0.2) is 9.48 Å². The Morgan fingerprint density at radius 3 is 2.39 bits per heavy atom. The molecule has 144 valence electrons. The number of rotatable bonds is 4. The fourth-order valence-corrected chi connectivity index (χ4v) is 2.40. The number of nitrogens with one attached hydrogen (secondary N) is 1. The highest BCUT2D eigenvalue weighted by atomic mass is 19.4. The second-order valence-electron chi connectivity index (χ2n) is 5.59. The summed E-state index contributed by atoms with van der Waals surface area (Å²) in [5.74, 6) is -1.19. The molecule has 3 rings (SSSR count). The second kappa shape index (κ2) is 7.51. The van der Waals surface area contributed by atoms with E-state index in [4.69, 9.17) is 0 Å². The number of esters is 1. The van der Waals surface area contributed by atoms with Crippen LogP contribution in [0.25, 0.3) is 5.69 Å². The van der Waals surface area contributed by atoms with E-state index in [9.17, 15) is 22.8 Å². The first-order chi connectivity index (χ1) is 13.3. The van der Waals surface area contributed by atoms with Gasteiger partial charge in [-0.1, -0.05) is 17.3 Å². The number of methoxy groups -OCH3 is 1. The Morgan fingerprint density at radius 2 is 1.75 bits per heavy atom. The van der Waals surface area contributed by atoms with Gasteiger partial charge in [-0.3, -0.25) is 4.79 Å². The SMILES string of the molecule is COC(=O)c1ccc(NC(=O)c2cn(-c3ccccc3C(F)(F)F)nn2)cc1. The third kappa shape index (κ3) is 4.00. The van der Waals surface area contributed by atoms with Crippen molar-refractivity contribution < 1.29 is 27.5 Å². The van der Waals surface area contributed by atoms with E-state index in [-0.39, 0.29) is 11.4 Å². The van der Waals surface area contributed by atoms with Gasteiger partial charge >= 0.3 is 12.1 Å². The van der Waals surface area contributed by atoms with Crippen molar-refractivity contribution in [1.29, 1.82) is 0 Å². The summed E-state index contributed by atoms with van der Waals surface area (Å²) < 4.78 is 44.8. The van der Waals surface area contributed by atoms with Crippen molar-refractivity contribution >= 4 is 17.6 Å². The van der Waals surface area contributed by atoms with E-state index in [1.165, 1.54) is 49.6 Å². The predicted molar refractivity (Wildman–Crippen MR) is 92.1 cm³/mol. The summed E-state index contributed by atoms with van der Waals surface area (Å²) in [6, 6.07) is 10.7. The van der Waals surface area contributed by atoms with E-state index in [0.717, 1.165) is 16.9 Å². The summed E-state index contributed by atoms with van der Waals surface area (Å²) in [7, 11) is 1.25. The first kappa shape index (κ1) is 19.1. The number of amides is 1. The topological polar surface area (TPSA) is 86.1 Å². The highest BCUT2D eigenvalue weighted by Crippen LogP contribution is 2.33. The van der Waals surface area contributed by atoms with Crippen molar-refractivity contribution in [3.8, 4) is 5.69 Å². The van der Waals surface area contributed by atoms with Crippen LogP contribution in [0.15, 0.2) is 54.7 Å². The Labute approximate surface area is 156 Å². The maximum atomic E-state index is 13.1. The van der Waals surface area contributed by atoms with Crippen LogP contribution in [0.4, 0.5) is 18.9 Å². The Hall–Kier alpha value is -3.69. The van der Waals surface area contributed by atoms with Crippen LogP contribution in [-0.4, -0.2) is 34.0 Å². The minimum absolute atomic E-state index is 0.172. The van der Waals surface area contributed by atoms with Crippen LogP contribution in [0.3, 0.4) is 0 Å². The average molecular weight is 390 g/mol. The summed E-state index contributed by atoms with van der Waals surface area (Å²) in [5, 5.41) is 9.77. The van der Waals surface area contributed by atoms with Gasteiger partial charge in [-0.2, -0.15) is 13.2 Å². The molecule has 0 spiro atoms. The summed E-state index contributed by atoms with van der Waals surface area (Å²) in [6.07, 6.45) is -3.48. The number of aromatic nitrogens is 3. The van der Waals surface area contributed by atoms with E-state index in [0.29, 0.717) is 11.3 Å². The number of hydrogen-bond acceptors (Lipinski definition) is 5. The van der Waals surface area contributed by atoms with Gasteiger partial charge < -0.3 is 10.1 Å². The first-order valence-electron chi connectivity index (χ1n) is 7.88. The Morgan fingerprint density at radius 1 is 1.07 bits per heavy atom. The molecule has 28 heavy (non-hydrogen) atoms. The number of ether oxygens (including phenoxy) is 1. The first-order valence-corrected chi connectivity index (χ1v) is 7.88. The van der Waals surface area contributed by atoms with Crippen molar-refractivity contribution in [2.75, 3.05) is 12.4 Å². The van der Waals surface area contributed by atoms with Gasteiger partial charge in [0, 0.05) is 5.69 Å². The quantitative estimate of drug-likeness (QED) is 0.691. The predicted octanol–water partition coefficient (Wildman–Crippen LogP) is 3.33. The molecule has 10 heteroatoms. The lowest BCUT2D eigenvalue weighted by Crippen LogP contribution is -2.13. The fourth-order valence-electron chi connectivity index (χ4n) is 2.40. The average Bonchev–Trinajstić information content (AvgIpc) is 3.17. The Bertz CT molecular complexity index is 1010. The van der Waals surface area contributed by atoms with Gasteiger partial charge in [0.05, 0.1) is 30.1 Å². The number of nitrogens with zero attached hydrogens (tertiary/aromatic N) is 3. The molecule has 1 heterocycles. The van der Waals surface area contributed by atoms with Crippen LogP contribution >= 0.6 is 0 Å². The third-order valence-electron chi connectivity index (χ3n) is 3.75. The molecular formula is C18H13F3N4O3. The number of carbonyl (C=O) groups is 2. The van der Waals surface area contributed by atoms with Gasteiger partial charge in [-0.15, -0.1) is 5.10 Å². The fraction of sp³-hybridized carbons (Fsp3) is 0.111. The Kier molecular flexibility index (Phi) is 5.12. The van der Waals surface area contributed by atoms with Crippen LogP contribution < -0.4 is 5.32 Å². The van der Waals surface area contributed by atoms with Crippen LogP contribution in [-0.2, 0) is 10.9 Å². The monoisotopic (exact) mass is 390 g/mol. The van der Waals surface area contributed by atoms with Crippen molar-refractivity contribution in [1.82, 2.24) is 15.0 Å².